The van der Waals surface area contributed by atoms with Crippen LogP contribution in [0.3, 0.4) is 0 Å². The molecule has 4 aromatic carbocycles. The molecule has 0 saturated carbocycles. The lowest BCUT2D eigenvalue weighted by molar-refractivity contribution is -0.155. The van der Waals surface area contributed by atoms with Gasteiger partial charge >= 0.3 is 11.9 Å². The summed E-state index contributed by atoms with van der Waals surface area (Å²) in [6, 6.07) is 18.2. The highest BCUT2D eigenvalue weighted by Gasteiger charge is 2.27. The normalized spacial score (nSPS) is 12.0. The van der Waals surface area contributed by atoms with E-state index in [0.29, 0.717) is 12.0 Å². The Bertz CT molecular complexity index is 1190. The van der Waals surface area contributed by atoms with Gasteiger partial charge in [0.15, 0.2) is 0 Å². The van der Waals surface area contributed by atoms with Crippen molar-refractivity contribution in [2.75, 3.05) is 13.2 Å². The Hall–Kier alpha value is -3.14. The summed E-state index contributed by atoms with van der Waals surface area (Å²) < 4.78 is 10.6. The zero-order valence-electron chi connectivity index (χ0n) is 17.0. The van der Waals surface area contributed by atoms with E-state index >= 15 is 0 Å². The fraction of sp³-hybridized carbons (Fsp3) is 0.280. The van der Waals surface area contributed by atoms with E-state index in [1.807, 2.05) is 45.0 Å². The summed E-state index contributed by atoms with van der Waals surface area (Å²) in [4.78, 5) is 24.7. The molecule has 0 spiro atoms. The second-order valence-corrected chi connectivity index (χ2v) is 7.98. The molecular formula is C25H24O4. The van der Waals surface area contributed by atoms with Gasteiger partial charge in [-0.05, 0) is 58.7 Å². The van der Waals surface area contributed by atoms with Crippen LogP contribution >= 0.6 is 0 Å². The van der Waals surface area contributed by atoms with Gasteiger partial charge in [-0.2, -0.15) is 0 Å². The summed E-state index contributed by atoms with van der Waals surface area (Å²) in [5.74, 6) is -0.687. The second kappa shape index (κ2) is 7.36. The Labute approximate surface area is 169 Å². The van der Waals surface area contributed by atoms with E-state index in [0.717, 1.165) is 32.3 Å². The van der Waals surface area contributed by atoms with Crippen LogP contribution in [0, 0.1) is 5.41 Å². The zero-order valence-corrected chi connectivity index (χ0v) is 17.0. The van der Waals surface area contributed by atoms with Crippen LogP contribution in [0.5, 0.6) is 0 Å². The fourth-order valence-electron chi connectivity index (χ4n) is 3.60. The van der Waals surface area contributed by atoms with Gasteiger partial charge in [0.05, 0.1) is 11.0 Å². The van der Waals surface area contributed by atoms with Crippen LogP contribution in [0.15, 0.2) is 54.6 Å². The highest BCUT2D eigenvalue weighted by molar-refractivity contribution is 6.25. The summed E-state index contributed by atoms with van der Waals surface area (Å²) in [7, 11) is 0. The van der Waals surface area contributed by atoms with Gasteiger partial charge in [-0.15, -0.1) is 0 Å². The lowest BCUT2D eigenvalue weighted by Crippen LogP contribution is -2.27. The molecule has 0 bridgehead atoms. The predicted molar refractivity (Wildman–Crippen MR) is 115 cm³/mol. The van der Waals surface area contributed by atoms with Gasteiger partial charge in [-0.3, -0.25) is 4.79 Å². The summed E-state index contributed by atoms with van der Waals surface area (Å²) in [6.45, 7) is 5.71. The molecule has 0 fully saturated rings. The molecule has 0 unspecified atom stereocenters. The lowest BCUT2D eigenvalue weighted by atomic mass is 9.91. The minimum absolute atomic E-state index is 0.0341. The first-order valence-electron chi connectivity index (χ1n) is 9.93. The van der Waals surface area contributed by atoms with Gasteiger partial charge in [-0.25, -0.2) is 4.79 Å². The van der Waals surface area contributed by atoms with Crippen LogP contribution in [0.2, 0.25) is 0 Å². The molecule has 0 amide bonds. The van der Waals surface area contributed by atoms with E-state index in [2.05, 4.69) is 24.3 Å². The number of carbonyl (C=O) groups is 2. The molecule has 148 valence electrons. The van der Waals surface area contributed by atoms with Crippen LogP contribution in [0.1, 0.15) is 37.6 Å². The Morgan fingerprint density at radius 2 is 1.38 bits per heavy atom. The van der Waals surface area contributed by atoms with Crippen molar-refractivity contribution in [3.63, 3.8) is 0 Å². The van der Waals surface area contributed by atoms with Crippen molar-refractivity contribution in [3.05, 3.63) is 60.2 Å². The average Bonchev–Trinajstić information content (AvgIpc) is 2.74. The van der Waals surface area contributed by atoms with E-state index in [1.54, 1.807) is 6.07 Å². The van der Waals surface area contributed by atoms with Gasteiger partial charge in [0.25, 0.3) is 0 Å². The van der Waals surface area contributed by atoms with Gasteiger partial charge in [-0.1, -0.05) is 55.5 Å². The first-order valence-corrected chi connectivity index (χ1v) is 9.93. The van der Waals surface area contributed by atoms with Crippen molar-refractivity contribution in [1.29, 1.82) is 0 Å². The highest BCUT2D eigenvalue weighted by Crippen LogP contribution is 2.36. The molecule has 0 atom stereocenters. The Kier molecular flexibility index (Phi) is 4.87. The molecule has 0 heterocycles. The molecule has 0 aliphatic heterocycles. The molecule has 0 saturated heterocycles. The van der Waals surface area contributed by atoms with Gasteiger partial charge in [0.2, 0.25) is 0 Å². The van der Waals surface area contributed by atoms with Gasteiger partial charge in [0.1, 0.15) is 13.2 Å². The predicted octanol–water partition coefficient (Wildman–Crippen LogP) is 5.72. The van der Waals surface area contributed by atoms with Crippen LogP contribution in [-0.2, 0) is 14.3 Å². The molecule has 0 aromatic heterocycles. The van der Waals surface area contributed by atoms with Crippen LogP contribution in [0.25, 0.3) is 32.3 Å². The van der Waals surface area contributed by atoms with Crippen molar-refractivity contribution >= 4 is 44.3 Å². The molecule has 29 heavy (non-hydrogen) atoms. The van der Waals surface area contributed by atoms with Gasteiger partial charge in [0, 0.05) is 0 Å². The molecule has 4 heteroatoms. The first-order chi connectivity index (χ1) is 13.9. The minimum atomic E-state index is -0.532. The summed E-state index contributed by atoms with van der Waals surface area (Å²) in [5.41, 5.74) is -0.00762. The zero-order chi connectivity index (χ0) is 20.6. The van der Waals surface area contributed by atoms with Crippen LogP contribution in [-0.4, -0.2) is 25.2 Å². The minimum Gasteiger partial charge on any atom is -0.462 e. The van der Waals surface area contributed by atoms with E-state index in [9.17, 15) is 9.59 Å². The maximum atomic E-state index is 12.7. The number of rotatable bonds is 6. The Morgan fingerprint density at radius 3 is 2.07 bits per heavy atom. The molecule has 0 radical (unpaired) electrons. The summed E-state index contributed by atoms with van der Waals surface area (Å²) >= 11 is 0. The van der Waals surface area contributed by atoms with Crippen LogP contribution < -0.4 is 0 Å². The molecule has 0 aliphatic rings. The van der Waals surface area contributed by atoms with E-state index < -0.39 is 11.4 Å². The second-order valence-electron chi connectivity index (χ2n) is 7.98. The molecular weight excluding hydrogens is 364 g/mol. The van der Waals surface area contributed by atoms with Crippen molar-refractivity contribution in [3.8, 4) is 0 Å². The number of benzene rings is 4. The van der Waals surface area contributed by atoms with Gasteiger partial charge < -0.3 is 9.47 Å². The molecule has 4 aromatic rings. The number of carbonyl (C=O) groups excluding carboxylic acids is 2. The average molecular weight is 388 g/mol. The van der Waals surface area contributed by atoms with Crippen LogP contribution in [0.4, 0.5) is 0 Å². The maximum absolute atomic E-state index is 12.7. The quantitative estimate of drug-likeness (QED) is 0.241. The monoisotopic (exact) mass is 388 g/mol. The third-order valence-corrected chi connectivity index (χ3v) is 5.73. The third-order valence-electron chi connectivity index (χ3n) is 5.73. The molecule has 4 rings (SSSR count). The molecule has 0 N–H and O–H groups in total. The van der Waals surface area contributed by atoms with E-state index in [-0.39, 0.29) is 19.2 Å². The summed E-state index contributed by atoms with van der Waals surface area (Å²) in [5, 5.41) is 6.50. The number of ether oxygens (including phenoxy) is 2. The van der Waals surface area contributed by atoms with Crippen molar-refractivity contribution in [2.24, 2.45) is 5.41 Å². The van der Waals surface area contributed by atoms with Crippen molar-refractivity contribution in [2.45, 2.75) is 27.2 Å². The fourth-order valence-corrected chi connectivity index (χ4v) is 3.60. The SMILES string of the molecule is CCC(C)(C)C(=O)OCCOC(=O)c1ccc2ccc3cccc4ccc1c2c34. The molecule has 0 aliphatic carbocycles. The standard InChI is InChI=1S/C25H24O4/c1-4-25(2,3)24(27)29-15-14-28-23(26)20-13-11-18-9-8-16-6-5-7-17-10-12-19(20)22(18)21(16)17/h5-13H,4,14-15H2,1-3H3. The number of hydrogen-bond donors (Lipinski definition) is 0. The van der Waals surface area contributed by atoms with E-state index in [4.69, 9.17) is 9.47 Å². The van der Waals surface area contributed by atoms with Crippen molar-refractivity contribution in [1.82, 2.24) is 0 Å². The Morgan fingerprint density at radius 1 is 0.793 bits per heavy atom. The van der Waals surface area contributed by atoms with Crippen molar-refractivity contribution < 1.29 is 19.1 Å². The Balaban J connectivity index is 1.56. The maximum Gasteiger partial charge on any atom is 0.338 e. The third kappa shape index (κ3) is 3.39. The lowest BCUT2D eigenvalue weighted by Gasteiger charge is -2.20. The molecule has 4 nitrogen and oxygen atoms in total. The smallest absolute Gasteiger partial charge is 0.338 e. The largest absolute Gasteiger partial charge is 0.462 e. The number of hydrogen-bond acceptors (Lipinski definition) is 4. The summed E-state index contributed by atoms with van der Waals surface area (Å²) in [6.07, 6.45) is 0.689. The number of esters is 2. The first kappa shape index (κ1) is 19.2. The van der Waals surface area contributed by atoms with E-state index in [1.165, 1.54) is 0 Å². The highest BCUT2D eigenvalue weighted by atomic mass is 16.6. The topological polar surface area (TPSA) is 52.6 Å².